The molecule has 4 atom stereocenters. The number of fused-ring (bicyclic) bond motifs is 3. The third-order valence-electron chi connectivity index (χ3n) is 7.88. The molecule has 0 saturated heterocycles. The summed E-state index contributed by atoms with van der Waals surface area (Å²) in [5, 5.41) is 0. The van der Waals surface area contributed by atoms with Crippen LogP contribution in [0.2, 0.25) is 0 Å². The zero-order valence-corrected chi connectivity index (χ0v) is 17.5. The molecular formula is C28H30. The van der Waals surface area contributed by atoms with Gasteiger partial charge in [-0.1, -0.05) is 113 Å². The van der Waals surface area contributed by atoms with Crippen LogP contribution in [0, 0.1) is 11.8 Å². The van der Waals surface area contributed by atoms with Gasteiger partial charge in [0.25, 0.3) is 0 Å². The van der Waals surface area contributed by atoms with Crippen LogP contribution >= 0.6 is 0 Å². The molecule has 0 aromatic heterocycles. The van der Waals surface area contributed by atoms with E-state index in [0.717, 1.165) is 0 Å². The Morgan fingerprint density at radius 1 is 0.571 bits per heavy atom. The number of hydrogen-bond donors (Lipinski definition) is 0. The number of rotatable bonds is 6. The number of benzene rings is 3. The first-order valence-electron chi connectivity index (χ1n) is 10.9. The molecule has 0 spiro atoms. The second-order valence-corrected chi connectivity index (χ2v) is 8.88. The molecule has 0 heterocycles. The quantitative estimate of drug-likeness (QED) is 0.437. The van der Waals surface area contributed by atoms with E-state index < -0.39 is 0 Å². The van der Waals surface area contributed by atoms with Crippen LogP contribution in [0.3, 0.4) is 0 Å². The molecule has 0 fully saturated rings. The fraction of sp³-hybridized carbons (Fsp3) is 0.357. The van der Waals surface area contributed by atoms with Gasteiger partial charge in [0.1, 0.15) is 0 Å². The molecule has 0 bridgehead atoms. The fourth-order valence-electron chi connectivity index (χ4n) is 6.10. The van der Waals surface area contributed by atoms with Gasteiger partial charge >= 0.3 is 0 Å². The van der Waals surface area contributed by atoms with Crippen LogP contribution in [0.5, 0.6) is 0 Å². The van der Waals surface area contributed by atoms with Crippen molar-refractivity contribution in [3.8, 4) is 0 Å². The smallest absolute Gasteiger partial charge is 0.0486 e. The highest BCUT2D eigenvalue weighted by molar-refractivity contribution is 5.83. The Morgan fingerprint density at radius 2 is 0.929 bits per heavy atom. The first kappa shape index (κ1) is 17.7. The Balaban J connectivity index is 1.72. The highest BCUT2D eigenvalue weighted by Gasteiger charge is 2.66. The molecule has 5 rings (SSSR count). The summed E-state index contributed by atoms with van der Waals surface area (Å²) in [6.45, 7) is 9.56. The van der Waals surface area contributed by atoms with Gasteiger partial charge in [0.15, 0.2) is 0 Å². The minimum Gasteiger partial charge on any atom is -0.0651 e. The highest BCUT2D eigenvalue weighted by Crippen LogP contribution is 2.72. The van der Waals surface area contributed by atoms with E-state index in [1.165, 1.54) is 24.0 Å². The largest absolute Gasteiger partial charge is 0.0651 e. The maximum absolute atomic E-state index is 2.44. The molecule has 0 amide bonds. The lowest BCUT2D eigenvalue weighted by Crippen LogP contribution is -2.23. The lowest BCUT2D eigenvalue weighted by atomic mass is 9.75. The average Bonchev–Trinajstić information content (AvgIpc) is 3.64. The summed E-state index contributed by atoms with van der Waals surface area (Å²) in [5.41, 5.74) is 9.64. The van der Waals surface area contributed by atoms with Crippen molar-refractivity contribution in [2.75, 3.05) is 0 Å². The fourth-order valence-corrected chi connectivity index (χ4v) is 6.10. The first-order chi connectivity index (χ1) is 13.6. The summed E-state index contributed by atoms with van der Waals surface area (Å²) in [5.74, 6) is 1.23. The molecule has 0 saturated carbocycles. The summed E-state index contributed by atoms with van der Waals surface area (Å²) in [7, 11) is 0. The maximum Gasteiger partial charge on any atom is 0.0486 e. The second kappa shape index (κ2) is 6.08. The van der Waals surface area contributed by atoms with Gasteiger partial charge in [-0.2, -0.15) is 0 Å². The molecule has 28 heavy (non-hydrogen) atoms. The van der Waals surface area contributed by atoms with Crippen LogP contribution in [0.15, 0.2) is 72.8 Å². The van der Waals surface area contributed by atoms with Crippen LogP contribution < -0.4 is 0 Å². The zero-order valence-electron chi connectivity index (χ0n) is 17.5. The molecule has 0 radical (unpaired) electrons. The van der Waals surface area contributed by atoms with Gasteiger partial charge in [-0.15, -0.1) is 0 Å². The van der Waals surface area contributed by atoms with E-state index in [-0.39, 0.29) is 10.8 Å². The molecule has 0 N–H and O–H groups in total. The van der Waals surface area contributed by atoms with Crippen LogP contribution in [0.1, 0.15) is 73.9 Å². The summed E-state index contributed by atoms with van der Waals surface area (Å²) >= 11 is 0. The Bertz CT molecular complexity index is 932. The van der Waals surface area contributed by atoms with E-state index in [0.29, 0.717) is 11.8 Å². The summed E-state index contributed by atoms with van der Waals surface area (Å²) in [6, 6.07) is 27.4. The molecule has 3 aromatic carbocycles. The Labute approximate surface area is 169 Å². The molecule has 2 aliphatic rings. The van der Waals surface area contributed by atoms with Gasteiger partial charge in [0.05, 0.1) is 0 Å². The van der Waals surface area contributed by atoms with Gasteiger partial charge in [-0.05, 0) is 45.2 Å². The van der Waals surface area contributed by atoms with Gasteiger partial charge in [-0.3, -0.25) is 0 Å². The monoisotopic (exact) mass is 366 g/mol. The van der Waals surface area contributed by atoms with E-state index in [1.54, 1.807) is 22.3 Å². The van der Waals surface area contributed by atoms with Crippen LogP contribution in [0.25, 0.3) is 0 Å². The van der Waals surface area contributed by atoms with Crippen molar-refractivity contribution in [3.63, 3.8) is 0 Å². The standard InChI is InChI=1S/C28H30/c1-5-19(3)27(21-13-9-7-10-14-21)23-17-18-24-26(25(23)27)28(24,20(4)6-2)22-15-11-8-12-16-22/h7-20H,5-6H2,1-4H3. The van der Waals surface area contributed by atoms with Gasteiger partial charge in [-0.25, -0.2) is 0 Å². The maximum atomic E-state index is 2.44. The lowest BCUT2D eigenvalue weighted by molar-refractivity contribution is 0.439. The minimum atomic E-state index is 0.119. The van der Waals surface area contributed by atoms with E-state index in [4.69, 9.17) is 0 Å². The molecule has 2 aliphatic carbocycles. The molecule has 142 valence electrons. The molecule has 0 aliphatic heterocycles. The van der Waals surface area contributed by atoms with Crippen molar-refractivity contribution in [1.29, 1.82) is 0 Å². The highest BCUT2D eigenvalue weighted by atomic mass is 14.7. The van der Waals surface area contributed by atoms with Crippen molar-refractivity contribution < 1.29 is 0 Å². The minimum absolute atomic E-state index is 0.119. The van der Waals surface area contributed by atoms with Crippen LogP contribution in [-0.4, -0.2) is 0 Å². The molecule has 4 unspecified atom stereocenters. The van der Waals surface area contributed by atoms with Crippen molar-refractivity contribution in [1.82, 2.24) is 0 Å². The van der Waals surface area contributed by atoms with Crippen molar-refractivity contribution in [3.05, 3.63) is 106 Å². The third-order valence-corrected chi connectivity index (χ3v) is 7.88. The first-order valence-corrected chi connectivity index (χ1v) is 10.9. The van der Waals surface area contributed by atoms with E-state index in [1.807, 2.05) is 0 Å². The Hall–Kier alpha value is -2.34. The second-order valence-electron chi connectivity index (χ2n) is 8.88. The lowest BCUT2D eigenvalue weighted by Gasteiger charge is -2.27. The van der Waals surface area contributed by atoms with Gasteiger partial charge < -0.3 is 0 Å². The van der Waals surface area contributed by atoms with Crippen molar-refractivity contribution in [2.45, 2.75) is 51.4 Å². The predicted octanol–water partition coefficient (Wildman–Crippen LogP) is 7.07. The summed E-state index contributed by atoms with van der Waals surface area (Å²) < 4.78 is 0. The van der Waals surface area contributed by atoms with E-state index in [9.17, 15) is 0 Å². The Kier molecular flexibility index (Phi) is 3.85. The van der Waals surface area contributed by atoms with Crippen molar-refractivity contribution >= 4 is 0 Å². The van der Waals surface area contributed by atoms with Gasteiger partial charge in [0, 0.05) is 10.8 Å². The van der Waals surface area contributed by atoms with E-state index >= 15 is 0 Å². The Morgan fingerprint density at radius 3 is 1.25 bits per heavy atom. The van der Waals surface area contributed by atoms with Gasteiger partial charge in [0.2, 0.25) is 0 Å². The predicted molar refractivity (Wildman–Crippen MR) is 118 cm³/mol. The average molecular weight is 367 g/mol. The third kappa shape index (κ3) is 1.96. The normalized spacial score (nSPS) is 26.1. The SMILES string of the molecule is CCC(C)C1(c2ccccc2)c2ccc3c(c21)C3(c1ccccc1)C(C)CC. The number of hydrogen-bond acceptors (Lipinski definition) is 0. The van der Waals surface area contributed by atoms with E-state index in [2.05, 4.69) is 100 Å². The van der Waals surface area contributed by atoms with Crippen LogP contribution in [0.4, 0.5) is 0 Å². The van der Waals surface area contributed by atoms with Crippen molar-refractivity contribution in [2.24, 2.45) is 11.8 Å². The molecule has 0 heteroatoms. The summed E-state index contributed by atoms with van der Waals surface area (Å²) in [4.78, 5) is 0. The molecule has 3 aromatic rings. The molecule has 0 nitrogen and oxygen atoms in total. The zero-order chi connectivity index (χ0) is 19.5. The molecular weight excluding hydrogens is 336 g/mol. The van der Waals surface area contributed by atoms with Crippen LogP contribution in [-0.2, 0) is 10.8 Å². The topological polar surface area (TPSA) is 0 Å². The summed E-state index contributed by atoms with van der Waals surface area (Å²) in [6.07, 6.45) is 2.39.